The van der Waals surface area contributed by atoms with Gasteiger partial charge in [-0.3, -0.25) is 0 Å². The van der Waals surface area contributed by atoms with Crippen molar-refractivity contribution in [2.24, 2.45) is 0 Å². The van der Waals surface area contributed by atoms with Gasteiger partial charge in [0, 0.05) is 32.4 Å². The van der Waals surface area contributed by atoms with Crippen LogP contribution in [0.15, 0.2) is 27.8 Å². The van der Waals surface area contributed by atoms with Crippen molar-refractivity contribution >= 4 is 26.0 Å². The Morgan fingerprint density at radius 2 is 2.00 bits per heavy atom. The monoisotopic (exact) mass is 305 g/mol. The Labute approximate surface area is 103 Å². The highest BCUT2D eigenvalue weighted by atomic mass is 79.9. The Balaban J connectivity index is 2.27. The molecule has 0 aliphatic carbocycles. The van der Waals surface area contributed by atoms with Crippen molar-refractivity contribution in [2.45, 2.75) is 4.90 Å². The van der Waals surface area contributed by atoms with Crippen LogP contribution in [-0.2, 0) is 10.0 Å². The predicted molar refractivity (Wildman–Crippen MR) is 63.6 cm³/mol. The Morgan fingerprint density at radius 1 is 1.31 bits per heavy atom. The first-order valence-electron chi connectivity index (χ1n) is 4.93. The van der Waals surface area contributed by atoms with Crippen molar-refractivity contribution in [3.63, 3.8) is 0 Å². The van der Waals surface area contributed by atoms with Crippen LogP contribution >= 0.6 is 15.9 Å². The molecule has 2 rings (SSSR count). The molecule has 1 aliphatic heterocycles. The van der Waals surface area contributed by atoms with E-state index in [4.69, 9.17) is 0 Å². The summed E-state index contributed by atoms with van der Waals surface area (Å²) in [5.41, 5.74) is 0. The second kappa shape index (κ2) is 4.79. The first kappa shape index (κ1) is 12.0. The van der Waals surface area contributed by atoms with Gasteiger partial charge in [-0.15, -0.1) is 0 Å². The van der Waals surface area contributed by atoms with E-state index in [0.29, 0.717) is 30.8 Å². The molecule has 5 nitrogen and oxygen atoms in total. The van der Waals surface area contributed by atoms with E-state index in [9.17, 15) is 8.42 Å². The maximum absolute atomic E-state index is 12.1. The molecule has 1 aromatic heterocycles. The van der Waals surface area contributed by atoms with E-state index in [1.165, 1.54) is 10.5 Å². The molecular weight excluding hydrogens is 294 g/mol. The minimum absolute atomic E-state index is 0.248. The average Bonchev–Trinajstić information content (AvgIpc) is 2.31. The number of piperazine rings is 1. The molecule has 0 saturated carbocycles. The standard InChI is InChI=1S/C9H12BrN3O2S/c10-9-2-1-8(7-12-9)16(14,15)13-5-3-11-4-6-13/h1-2,7,11H,3-6H2. The van der Waals surface area contributed by atoms with Crippen LogP contribution in [-0.4, -0.2) is 43.9 Å². The highest BCUT2D eigenvalue weighted by Gasteiger charge is 2.25. The summed E-state index contributed by atoms with van der Waals surface area (Å²) >= 11 is 3.18. The third-order valence-electron chi connectivity index (χ3n) is 2.41. The van der Waals surface area contributed by atoms with Gasteiger partial charge >= 0.3 is 0 Å². The quantitative estimate of drug-likeness (QED) is 0.805. The van der Waals surface area contributed by atoms with Gasteiger partial charge in [0.1, 0.15) is 9.50 Å². The van der Waals surface area contributed by atoms with Gasteiger partial charge < -0.3 is 5.32 Å². The molecule has 0 amide bonds. The number of hydrogen-bond acceptors (Lipinski definition) is 4. The minimum atomic E-state index is -3.37. The lowest BCUT2D eigenvalue weighted by molar-refractivity contribution is 0.360. The van der Waals surface area contributed by atoms with Crippen molar-refractivity contribution in [1.29, 1.82) is 0 Å². The topological polar surface area (TPSA) is 62.3 Å². The number of nitrogens with one attached hydrogen (secondary N) is 1. The first-order chi connectivity index (χ1) is 7.60. The van der Waals surface area contributed by atoms with Crippen LogP contribution in [0.3, 0.4) is 0 Å². The van der Waals surface area contributed by atoms with Gasteiger partial charge in [0.25, 0.3) is 0 Å². The zero-order valence-corrected chi connectivity index (χ0v) is 11.0. The van der Waals surface area contributed by atoms with Crippen molar-refractivity contribution < 1.29 is 8.42 Å². The van der Waals surface area contributed by atoms with Gasteiger partial charge in [0.2, 0.25) is 10.0 Å². The van der Waals surface area contributed by atoms with Crippen molar-refractivity contribution in [3.8, 4) is 0 Å². The summed E-state index contributed by atoms with van der Waals surface area (Å²) in [5.74, 6) is 0. The molecule has 2 heterocycles. The second-order valence-corrected chi connectivity index (χ2v) is 6.22. The summed E-state index contributed by atoms with van der Waals surface area (Å²) in [5, 5.41) is 3.12. The zero-order valence-electron chi connectivity index (χ0n) is 8.56. The number of pyridine rings is 1. The molecule has 1 aromatic rings. The lowest BCUT2D eigenvalue weighted by atomic mass is 10.4. The second-order valence-electron chi connectivity index (χ2n) is 3.47. The number of nitrogens with zero attached hydrogens (tertiary/aromatic N) is 2. The molecule has 0 radical (unpaired) electrons. The summed E-state index contributed by atoms with van der Waals surface area (Å²) in [6.45, 7) is 2.42. The van der Waals surface area contributed by atoms with Gasteiger partial charge in [0.15, 0.2) is 0 Å². The van der Waals surface area contributed by atoms with Gasteiger partial charge in [-0.05, 0) is 28.1 Å². The van der Waals surface area contributed by atoms with Crippen LogP contribution in [0.2, 0.25) is 0 Å². The Bertz CT molecular complexity index is 454. The van der Waals surface area contributed by atoms with Crippen molar-refractivity contribution in [1.82, 2.24) is 14.6 Å². The van der Waals surface area contributed by atoms with E-state index < -0.39 is 10.0 Å². The van der Waals surface area contributed by atoms with E-state index in [-0.39, 0.29) is 4.90 Å². The fraction of sp³-hybridized carbons (Fsp3) is 0.444. The third kappa shape index (κ3) is 2.42. The lowest BCUT2D eigenvalue weighted by Crippen LogP contribution is -2.46. The molecule has 0 bridgehead atoms. The third-order valence-corrected chi connectivity index (χ3v) is 4.77. The smallest absolute Gasteiger partial charge is 0.244 e. The van der Waals surface area contributed by atoms with Crippen LogP contribution < -0.4 is 5.32 Å². The minimum Gasteiger partial charge on any atom is -0.314 e. The molecule has 0 unspecified atom stereocenters. The molecule has 16 heavy (non-hydrogen) atoms. The van der Waals surface area contributed by atoms with E-state index in [1.54, 1.807) is 12.1 Å². The summed E-state index contributed by atoms with van der Waals surface area (Å²) in [7, 11) is -3.37. The van der Waals surface area contributed by atoms with E-state index in [1.807, 2.05) is 0 Å². The average molecular weight is 306 g/mol. The van der Waals surface area contributed by atoms with Gasteiger partial charge in [0.05, 0.1) is 0 Å². The lowest BCUT2D eigenvalue weighted by Gasteiger charge is -2.26. The predicted octanol–water partition coefficient (Wildman–Crippen LogP) is 0.438. The van der Waals surface area contributed by atoms with Crippen LogP contribution in [0, 0.1) is 0 Å². The highest BCUT2D eigenvalue weighted by molar-refractivity contribution is 9.10. The summed E-state index contributed by atoms with van der Waals surface area (Å²) in [4.78, 5) is 4.18. The fourth-order valence-electron chi connectivity index (χ4n) is 1.55. The molecule has 1 aliphatic rings. The van der Waals surface area contributed by atoms with Gasteiger partial charge in [-0.25, -0.2) is 13.4 Å². The van der Waals surface area contributed by atoms with Crippen LogP contribution in [0.25, 0.3) is 0 Å². The molecule has 88 valence electrons. The van der Waals surface area contributed by atoms with E-state index in [2.05, 4.69) is 26.2 Å². The molecule has 0 atom stereocenters. The number of aromatic nitrogens is 1. The molecular formula is C9H12BrN3O2S. The Kier molecular flexibility index (Phi) is 3.58. The molecule has 1 fully saturated rings. The molecule has 0 aromatic carbocycles. The van der Waals surface area contributed by atoms with Crippen LogP contribution in [0.4, 0.5) is 0 Å². The highest BCUT2D eigenvalue weighted by Crippen LogP contribution is 2.16. The molecule has 0 spiro atoms. The van der Waals surface area contributed by atoms with Gasteiger partial charge in [-0.2, -0.15) is 4.31 Å². The zero-order chi connectivity index (χ0) is 11.6. The van der Waals surface area contributed by atoms with Crippen molar-refractivity contribution in [2.75, 3.05) is 26.2 Å². The maximum Gasteiger partial charge on any atom is 0.244 e. The first-order valence-corrected chi connectivity index (χ1v) is 7.16. The molecule has 1 N–H and O–H groups in total. The Morgan fingerprint density at radius 3 is 2.56 bits per heavy atom. The normalized spacial score (nSPS) is 18.6. The van der Waals surface area contributed by atoms with Crippen molar-refractivity contribution in [3.05, 3.63) is 22.9 Å². The number of hydrogen-bond donors (Lipinski definition) is 1. The summed E-state index contributed by atoms with van der Waals surface area (Å²) in [6.07, 6.45) is 1.38. The molecule has 1 saturated heterocycles. The SMILES string of the molecule is O=S(=O)(c1ccc(Br)nc1)N1CCNCC1. The number of halogens is 1. The largest absolute Gasteiger partial charge is 0.314 e. The molecule has 7 heteroatoms. The van der Waals surface area contributed by atoms with Crippen LogP contribution in [0.1, 0.15) is 0 Å². The van der Waals surface area contributed by atoms with Crippen LogP contribution in [0.5, 0.6) is 0 Å². The van der Waals surface area contributed by atoms with E-state index in [0.717, 1.165) is 0 Å². The fourth-order valence-corrected chi connectivity index (χ4v) is 3.17. The summed E-state index contributed by atoms with van der Waals surface area (Å²) < 4.78 is 26.4. The number of sulfonamides is 1. The van der Waals surface area contributed by atoms with Gasteiger partial charge in [-0.1, -0.05) is 0 Å². The maximum atomic E-state index is 12.1. The Hall–Kier alpha value is -0.500. The summed E-state index contributed by atoms with van der Waals surface area (Å²) in [6, 6.07) is 3.20. The van der Waals surface area contributed by atoms with E-state index >= 15 is 0 Å². The number of rotatable bonds is 2.